The quantitative estimate of drug-likeness (QED) is 0.811. The summed E-state index contributed by atoms with van der Waals surface area (Å²) in [6, 6.07) is 15.2. The molecule has 0 unspecified atom stereocenters. The third kappa shape index (κ3) is 5.39. The van der Waals surface area contributed by atoms with Crippen molar-refractivity contribution in [3.8, 4) is 5.75 Å². The Bertz CT molecular complexity index is 669. The van der Waals surface area contributed by atoms with Crippen molar-refractivity contribution >= 4 is 11.6 Å². The third-order valence-electron chi connectivity index (χ3n) is 3.77. The van der Waals surface area contributed by atoms with Crippen LogP contribution < -0.4 is 15.8 Å². The number of benzene rings is 2. The van der Waals surface area contributed by atoms with Gasteiger partial charge in [-0.05, 0) is 48.6 Å². The highest BCUT2D eigenvalue weighted by Crippen LogP contribution is 2.22. The minimum absolute atomic E-state index is 0.148. The molecule has 2 aromatic carbocycles. The van der Waals surface area contributed by atoms with Crippen molar-refractivity contribution in [2.45, 2.75) is 39.8 Å². The number of rotatable bonds is 7. The number of carbonyl (C=O) groups is 1. The molecule has 0 saturated heterocycles. The molecule has 0 aromatic heterocycles. The zero-order valence-electron chi connectivity index (χ0n) is 14.6. The van der Waals surface area contributed by atoms with Crippen LogP contribution in [0.1, 0.15) is 31.4 Å². The lowest BCUT2D eigenvalue weighted by atomic mass is 10.0. The summed E-state index contributed by atoms with van der Waals surface area (Å²) in [6.07, 6.45) is 0.670. The van der Waals surface area contributed by atoms with Crippen molar-refractivity contribution in [1.82, 2.24) is 0 Å². The van der Waals surface area contributed by atoms with Gasteiger partial charge in [-0.3, -0.25) is 4.79 Å². The van der Waals surface area contributed by atoms with E-state index in [2.05, 4.69) is 19.2 Å². The van der Waals surface area contributed by atoms with Gasteiger partial charge in [-0.2, -0.15) is 0 Å². The molecule has 2 aromatic rings. The molecule has 1 amide bonds. The molecule has 3 N–H and O–H groups in total. The van der Waals surface area contributed by atoms with Crippen LogP contribution in [0.4, 0.5) is 5.69 Å². The van der Waals surface area contributed by atoms with Crippen LogP contribution in [0.3, 0.4) is 0 Å². The molecule has 0 fully saturated rings. The van der Waals surface area contributed by atoms with Crippen LogP contribution in [0.5, 0.6) is 5.75 Å². The molecular formula is C20H26N2O2. The molecule has 0 radical (unpaired) electrons. The standard InChI is InChI=1S/C20H26N2O2/c1-14(2)11-18(21)20(23)22-19-10-9-17(12-15(19)3)24-13-16-7-5-4-6-8-16/h4-10,12,14,18H,11,13,21H2,1-3H3,(H,22,23)/t18-/m0/s1. The van der Waals surface area contributed by atoms with Gasteiger partial charge in [0.05, 0.1) is 6.04 Å². The second kappa shape index (κ2) is 8.50. The molecule has 0 aliphatic carbocycles. The van der Waals surface area contributed by atoms with Gasteiger partial charge in [0.15, 0.2) is 0 Å². The average molecular weight is 326 g/mol. The topological polar surface area (TPSA) is 64.3 Å². The van der Waals surface area contributed by atoms with Crippen molar-refractivity contribution in [1.29, 1.82) is 0 Å². The van der Waals surface area contributed by atoms with Crippen LogP contribution in [0.15, 0.2) is 48.5 Å². The van der Waals surface area contributed by atoms with Gasteiger partial charge in [0.25, 0.3) is 0 Å². The summed E-state index contributed by atoms with van der Waals surface area (Å²) in [6.45, 7) is 6.57. The van der Waals surface area contributed by atoms with Gasteiger partial charge < -0.3 is 15.8 Å². The number of anilines is 1. The Morgan fingerprint density at radius 3 is 2.50 bits per heavy atom. The maximum absolute atomic E-state index is 12.1. The molecule has 0 saturated carbocycles. The zero-order valence-corrected chi connectivity index (χ0v) is 14.6. The van der Waals surface area contributed by atoms with E-state index in [0.717, 1.165) is 22.6 Å². The molecule has 0 spiro atoms. The molecular weight excluding hydrogens is 300 g/mol. The molecule has 1 atom stereocenters. The lowest BCUT2D eigenvalue weighted by Gasteiger charge is -2.16. The van der Waals surface area contributed by atoms with E-state index in [4.69, 9.17) is 10.5 Å². The normalized spacial score (nSPS) is 12.0. The second-order valence-corrected chi connectivity index (χ2v) is 6.48. The van der Waals surface area contributed by atoms with Gasteiger partial charge in [0.1, 0.15) is 12.4 Å². The minimum Gasteiger partial charge on any atom is -0.489 e. The lowest BCUT2D eigenvalue weighted by Crippen LogP contribution is -2.36. The Labute approximate surface area is 144 Å². The van der Waals surface area contributed by atoms with Crippen molar-refractivity contribution in [2.24, 2.45) is 11.7 Å². The number of ether oxygens (including phenoxy) is 1. The fraction of sp³-hybridized carbons (Fsp3) is 0.350. The van der Waals surface area contributed by atoms with Gasteiger partial charge in [-0.25, -0.2) is 0 Å². The largest absolute Gasteiger partial charge is 0.489 e. The SMILES string of the molecule is Cc1cc(OCc2ccccc2)ccc1NC(=O)[C@@H](N)CC(C)C. The molecule has 4 heteroatoms. The number of aryl methyl sites for hydroxylation is 1. The highest BCUT2D eigenvalue weighted by Gasteiger charge is 2.15. The van der Waals surface area contributed by atoms with Gasteiger partial charge in [-0.15, -0.1) is 0 Å². The molecule has 0 heterocycles. The molecule has 4 nitrogen and oxygen atoms in total. The van der Waals surface area contributed by atoms with Crippen LogP contribution in [0, 0.1) is 12.8 Å². The van der Waals surface area contributed by atoms with Crippen molar-refractivity contribution < 1.29 is 9.53 Å². The average Bonchev–Trinajstić information content (AvgIpc) is 2.55. The number of nitrogens with two attached hydrogens (primary N) is 1. The highest BCUT2D eigenvalue weighted by atomic mass is 16.5. The van der Waals surface area contributed by atoms with Crippen LogP contribution in [-0.2, 0) is 11.4 Å². The number of amides is 1. The number of carbonyl (C=O) groups excluding carboxylic acids is 1. The van der Waals surface area contributed by atoms with Crippen LogP contribution in [0.25, 0.3) is 0 Å². The van der Waals surface area contributed by atoms with Gasteiger partial charge >= 0.3 is 0 Å². The first-order valence-corrected chi connectivity index (χ1v) is 8.29. The second-order valence-electron chi connectivity index (χ2n) is 6.48. The Morgan fingerprint density at radius 2 is 1.88 bits per heavy atom. The van der Waals surface area contributed by atoms with Gasteiger partial charge in [-0.1, -0.05) is 44.2 Å². The van der Waals surface area contributed by atoms with Gasteiger partial charge in [0.2, 0.25) is 5.91 Å². The smallest absolute Gasteiger partial charge is 0.241 e. The monoisotopic (exact) mass is 326 g/mol. The highest BCUT2D eigenvalue weighted by molar-refractivity contribution is 5.95. The van der Waals surface area contributed by atoms with Crippen molar-refractivity contribution in [3.05, 3.63) is 59.7 Å². The predicted molar refractivity (Wildman–Crippen MR) is 98.0 cm³/mol. The predicted octanol–water partition coefficient (Wildman–Crippen LogP) is 3.89. The Morgan fingerprint density at radius 1 is 1.17 bits per heavy atom. The maximum Gasteiger partial charge on any atom is 0.241 e. The van der Waals surface area contributed by atoms with E-state index in [1.165, 1.54) is 0 Å². The molecule has 0 bridgehead atoms. The van der Waals surface area contributed by atoms with E-state index in [9.17, 15) is 4.79 Å². The van der Waals surface area contributed by atoms with E-state index in [-0.39, 0.29) is 5.91 Å². The molecule has 0 aliphatic rings. The molecule has 128 valence electrons. The Balaban J connectivity index is 1.95. The Kier molecular flexibility index (Phi) is 6.38. The summed E-state index contributed by atoms with van der Waals surface area (Å²) in [7, 11) is 0. The molecule has 24 heavy (non-hydrogen) atoms. The summed E-state index contributed by atoms with van der Waals surface area (Å²) in [5.74, 6) is 1.02. The van der Waals surface area contributed by atoms with Gasteiger partial charge in [0, 0.05) is 5.69 Å². The summed E-state index contributed by atoms with van der Waals surface area (Å²) in [5.41, 5.74) is 8.76. The van der Waals surface area contributed by atoms with E-state index in [1.54, 1.807) is 0 Å². The number of nitrogens with one attached hydrogen (secondary N) is 1. The number of hydrogen-bond acceptors (Lipinski definition) is 3. The summed E-state index contributed by atoms with van der Waals surface area (Å²) < 4.78 is 5.80. The summed E-state index contributed by atoms with van der Waals surface area (Å²) in [4.78, 5) is 12.1. The zero-order chi connectivity index (χ0) is 17.5. The first-order chi connectivity index (χ1) is 11.5. The first kappa shape index (κ1) is 18.0. The van der Waals surface area contributed by atoms with Crippen molar-refractivity contribution in [2.75, 3.05) is 5.32 Å². The van der Waals surface area contributed by atoms with Crippen LogP contribution in [0.2, 0.25) is 0 Å². The third-order valence-corrected chi connectivity index (χ3v) is 3.77. The fourth-order valence-electron chi connectivity index (χ4n) is 2.45. The van der Waals surface area contributed by atoms with E-state index in [1.807, 2.05) is 55.5 Å². The van der Waals surface area contributed by atoms with E-state index in [0.29, 0.717) is 18.9 Å². The summed E-state index contributed by atoms with van der Waals surface area (Å²) in [5, 5.41) is 2.90. The van der Waals surface area contributed by atoms with E-state index >= 15 is 0 Å². The summed E-state index contributed by atoms with van der Waals surface area (Å²) >= 11 is 0. The molecule has 2 rings (SSSR count). The Hall–Kier alpha value is -2.33. The fourth-order valence-corrected chi connectivity index (χ4v) is 2.45. The maximum atomic E-state index is 12.1. The van der Waals surface area contributed by atoms with Crippen LogP contribution >= 0.6 is 0 Å². The first-order valence-electron chi connectivity index (χ1n) is 8.29. The van der Waals surface area contributed by atoms with E-state index < -0.39 is 6.04 Å². The lowest BCUT2D eigenvalue weighted by molar-refractivity contribution is -0.117. The minimum atomic E-state index is -0.488. The molecule has 0 aliphatic heterocycles. The van der Waals surface area contributed by atoms with Crippen LogP contribution in [-0.4, -0.2) is 11.9 Å². The van der Waals surface area contributed by atoms with Crippen molar-refractivity contribution in [3.63, 3.8) is 0 Å². The number of hydrogen-bond donors (Lipinski definition) is 2.